The minimum atomic E-state index is -3.02. The molecule has 0 amide bonds. The number of hydrogen-bond acceptors (Lipinski definition) is 3. The smallest absolute Gasteiger partial charge is 0.412 e. The quantitative estimate of drug-likeness (QED) is 0.393. The molecular formula is C25H36O3Si4. The molecule has 0 unspecified atom stereocenters. The van der Waals surface area contributed by atoms with Gasteiger partial charge in [0.2, 0.25) is 25.0 Å². The van der Waals surface area contributed by atoms with Crippen molar-refractivity contribution >= 4 is 49.3 Å². The van der Waals surface area contributed by atoms with Crippen LogP contribution in [0.4, 0.5) is 0 Å². The average molecular weight is 497 g/mol. The van der Waals surface area contributed by atoms with Crippen molar-refractivity contribution in [3.63, 3.8) is 0 Å². The van der Waals surface area contributed by atoms with E-state index in [4.69, 9.17) is 12.3 Å². The van der Waals surface area contributed by atoms with Crippen LogP contribution in [0, 0.1) is 0 Å². The van der Waals surface area contributed by atoms with Gasteiger partial charge in [0.15, 0.2) is 0 Å². The van der Waals surface area contributed by atoms with Crippen molar-refractivity contribution in [2.24, 2.45) is 0 Å². The molecule has 0 N–H and O–H groups in total. The van der Waals surface area contributed by atoms with Crippen LogP contribution in [0.25, 0.3) is 0 Å². The van der Waals surface area contributed by atoms with E-state index >= 15 is 0 Å². The van der Waals surface area contributed by atoms with Crippen LogP contribution < -0.4 is 15.6 Å². The highest BCUT2D eigenvalue weighted by molar-refractivity contribution is 6.98. The van der Waals surface area contributed by atoms with Gasteiger partial charge in [-0.25, -0.2) is 0 Å². The summed E-state index contributed by atoms with van der Waals surface area (Å²) >= 11 is 0. The Bertz CT molecular complexity index is 864. The molecule has 0 saturated heterocycles. The van der Waals surface area contributed by atoms with Crippen LogP contribution in [-0.4, -0.2) is 33.8 Å². The predicted octanol–water partition coefficient (Wildman–Crippen LogP) is 4.94. The molecule has 7 heteroatoms. The van der Waals surface area contributed by atoms with Gasteiger partial charge in [0.25, 0.3) is 0 Å². The molecule has 0 bridgehead atoms. The second kappa shape index (κ2) is 9.72. The Morgan fingerprint density at radius 3 is 0.812 bits per heavy atom. The predicted molar refractivity (Wildman–Crippen MR) is 146 cm³/mol. The maximum absolute atomic E-state index is 7.03. The molecule has 3 nitrogen and oxygen atoms in total. The van der Waals surface area contributed by atoms with Crippen LogP contribution in [0.1, 0.15) is 0 Å². The Morgan fingerprint density at radius 1 is 0.375 bits per heavy atom. The van der Waals surface area contributed by atoms with Crippen molar-refractivity contribution in [1.82, 2.24) is 0 Å². The molecule has 170 valence electrons. The highest BCUT2D eigenvalue weighted by Crippen LogP contribution is 2.25. The zero-order valence-electron chi connectivity index (χ0n) is 20.4. The molecule has 0 saturated carbocycles. The summed E-state index contributed by atoms with van der Waals surface area (Å²) < 4.78 is 21.1. The highest BCUT2D eigenvalue weighted by Gasteiger charge is 2.50. The first-order valence-corrected chi connectivity index (χ1v) is 22.2. The molecule has 3 aromatic rings. The summed E-state index contributed by atoms with van der Waals surface area (Å²) in [5.74, 6) is 0. The standard InChI is InChI=1S/C25H36O3Si4/c1-29(2,23-17-11-8-12-18-23)26-32(7,27-30(3,4)24-19-13-9-14-20-24)28-31(5,6)25-21-15-10-16-22-25/h8-22H,1-7H3. The third kappa shape index (κ3) is 6.26. The van der Waals surface area contributed by atoms with Gasteiger partial charge in [-0.15, -0.1) is 0 Å². The van der Waals surface area contributed by atoms with E-state index in [1.54, 1.807) is 0 Å². The van der Waals surface area contributed by atoms with E-state index in [1.165, 1.54) is 15.6 Å². The maximum atomic E-state index is 7.03. The summed E-state index contributed by atoms with van der Waals surface area (Å²) in [7, 11) is -9.80. The van der Waals surface area contributed by atoms with Crippen molar-refractivity contribution in [1.29, 1.82) is 0 Å². The van der Waals surface area contributed by atoms with Gasteiger partial charge in [0.05, 0.1) is 0 Å². The Kier molecular flexibility index (Phi) is 7.61. The molecule has 32 heavy (non-hydrogen) atoms. The molecule has 0 aliphatic rings. The summed E-state index contributed by atoms with van der Waals surface area (Å²) in [6.45, 7) is 15.6. The molecule has 0 aliphatic heterocycles. The summed E-state index contributed by atoms with van der Waals surface area (Å²) in [5.41, 5.74) is 0. The second-order valence-corrected chi connectivity index (χ2v) is 24.8. The van der Waals surface area contributed by atoms with Crippen molar-refractivity contribution < 1.29 is 12.3 Å². The topological polar surface area (TPSA) is 27.7 Å². The average Bonchev–Trinajstić information content (AvgIpc) is 2.74. The van der Waals surface area contributed by atoms with Gasteiger partial charge in [-0.1, -0.05) is 91.0 Å². The lowest BCUT2D eigenvalue weighted by atomic mass is 10.4. The summed E-state index contributed by atoms with van der Waals surface area (Å²) in [5, 5.41) is 3.76. The molecule has 0 fully saturated rings. The SMILES string of the molecule is C[Si](O[Si](C)(C)c1ccccc1)(O[Si](C)(C)c1ccccc1)O[Si](C)(C)c1ccccc1. The van der Waals surface area contributed by atoms with E-state index in [0.29, 0.717) is 0 Å². The normalized spacial score (nSPS) is 13.2. The number of rotatable bonds is 9. The molecule has 0 radical (unpaired) electrons. The molecule has 0 atom stereocenters. The number of hydrogen-bond donors (Lipinski definition) is 0. The van der Waals surface area contributed by atoms with E-state index in [1.807, 2.05) is 0 Å². The van der Waals surface area contributed by atoms with Crippen LogP contribution in [0.3, 0.4) is 0 Å². The van der Waals surface area contributed by atoms with Gasteiger partial charge in [-0.05, 0) is 54.8 Å². The summed E-state index contributed by atoms with van der Waals surface area (Å²) in [6, 6.07) is 31.6. The molecule has 0 aromatic heterocycles. The van der Waals surface area contributed by atoms with E-state index in [2.05, 4.69) is 137 Å². The summed E-state index contributed by atoms with van der Waals surface area (Å²) in [6.07, 6.45) is 0. The van der Waals surface area contributed by atoms with Crippen LogP contribution in [-0.2, 0) is 12.3 Å². The lowest BCUT2D eigenvalue weighted by molar-refractivity contribution is 0.267. The van der Waals surface area contributed by atoms with Crippen LogP contribution in [0.5, 0.6) is 0 Å². The van der Waals surface area contributed by atoms with E-state index in [0.717, 1.165) is 0 Å². The number of benzene rings is 3. The maximum Gasteiger partial charge on any atom is 0.467 e. The van der Waals surface area contributed by atoms with Crippen LogP contribution in [0.2, 0.25) is 45.8 Å². The molecular weight excluding hydrogens is 461 g/mol. The van der Waals surface area contributed by atoms with Gasteiger partial charge in [0.1, 0.15) is 0 Å². The largest absolute Gasteiger partial charge is 0.467 e. The van der Waals surface area contributed by atoms with E-state index in [9.17, 15) is 0 Å². The Balaban J connectivity index is 1.98. The first kappa shape index (κ1) is 25.0. The van der Waals surface area contributed by atoms with Crippen molar-refractivity contribution in [3.8, 4) is 0 Å². The van der Waals surface area contributed by atoms with Crippen molar-refractivity contribution in [3.05, 3.63) is 91.0 Å². The Labute approximate surface area is 198 Å². The van der Waals surface area contributed by atoms with Gasteiger partial charge < -0.3 is 12.3 Å². The van der Waals surface area contributed by atoms with E-state index in [-0.39, 0.29) is 0 Å². The first-order chi connectivity index (χ1) is 14.9. The van der Waals surface area contributed by atoms with E-state index < -0.39 is 33.8 Å². The zero-order chi connectivity index (χ0) is 23.5. The third-order valence-corrected chi connectivity index (χ3v) is 21.5. The molecule has 3 aromatic carbocycles. The van der Waals surface area contributed by atoms with Crippen molar-refractivity contribution in [2.45, 2.75) is 45.8 Å². The van der Waals surface area contributed by atoms with Gasteiger partial charge in [-0.3, -0.25) is 0 Å². The van der Waals surface area contributed by atoms with Gasteiger partial charge in [-0.2, -0.15) is 0 Å². The highest BCUT2D eigenvalue weighted by atomic mass is 28.5. The second-order valence-electron chi connectivity index (χ2n) is 9.80. The Hall–Kier alpha value is -1.59. The third-order valence-electron chi connectivity index (χ3n) is 5.73. The van der Waals surface area contributed by atoms with Crippen LogP contribution in [0.15, 0.2) is 91.0 Å². The first-order valence-electron chi connectivity index (χ1n) is 11.2. The molecule has 0 spiro atoms. The monoisotopic (exact) mass is 496 g/mol. The van der Waals surface area contributed by atoms with Crippen LogP contribution >= 0.6 is 0 Å². The van der Waals surface area contributed by atoms with Crippen molar-refractivity contribution in [2.75, 3.05) is 0 Å². The fourth-order valence-electron chi connectivity index (χ4n) is 4.15. The molecule has 3 rings (SSSR count). The summed E-state index contributed by atoms with van der Waals surface area (Å²) in [4.78, 5) is 0. The lowest BCUT2D eigenvalue weighted by Gasteiger charge is -2.43. The molecule has 0 aliphatic carbocycles. The minimum absolute atomic E-state index is 1.25. The lowest BCUT2D eigenvalue weighted by Crippen LogP contribution is -2.66. The zero-order valence-corrected chi connectivity index (χ0v) is 24.4. The fourth-order valence-corrected chi connectivity index (χ4v) is 21.3. The minimum Gasteiger partial charge on any atom is -0.412 e. The Morgan fingerprint density at radius 2 is 0.594 bits per heavy atom. The van der Waals surface area contributed by atoms with Gasteiger partial charge >= 0.3 is 8.80 Å². The fraction of sp³-hybridized carbons (Fsp3) is 0.280. The van der Waals surface area contributed by atoms with Gasteiger partial charge in [0, 0.05) is 6.55 Å². The molecule has 0 heterocycles.